The summed E-state index contributed by atoms with van der Waals surface area (Å²) < 4.78 is 7.94. The number of Topliss-reactive ketones (excluding diaryl/α,β-unsaturated/α-hetero) is 1. The molecule has 3 aromatic rings. The summed E-state index contributed by atoms with van der Waals surface area (Å²) in [6.07, 6.45) is 0. The van der Waals surface area contributed by atoms with Crippen LogP contribution in [0.3, 0.4) is 0 Å². The van der Waals surface area contributed by atoms with E-state index in [1.165, 1.54) is 17.3 Å². The number of carbonyl (C=O) groups excluding carboxylic acids is 1. The molecule has 1 aromatic heterocycles. The summed E-state index contributed by atoms with van der Waals surface area (Å²) >= 11 is 1.39. The third kappa shape index (κ3) is 4.81. The van der Waals surface area contributed by atoms with Crippen LogP contribution in [0, 0.1) is 6.92 Å². The highest BCUT2D eigenvalue weighted by Gasteiger charge is 2.14. The Hall–Kier alpha value is -2.60. The van der Waals surface area contributed by atoms with E-state index in [4.69, 9.17) is 4.74 Å². The Labute approximate surface area is 170 Å². The average molecular weight is 396 g/mol. The summed E-state index contributed by atoms with van der Waals surface area (Å²) in [6, 6.07) is 15.6. The van der Waals surface area contributed by atoms with E-state index in [9.17, 15) is 4.79 Å². The summed E-state index contributed by atoms with van der Waals surface area (Å²) in [7, 11) is 1.90. The maximum absolute atomic E-state index is 12.3. The van der Waals surface area contributed by atoms with Crippen molar-refractivity contribution in [2.45, 2.75) is 38.5 Å². The molecule has 0 saturated heterocycles. The number of aromatic nitrogens is 3. The first-order chi connectivity index (χ1) is 13.5. The standard InChI is InChI=1S/C22H25N3O2S/c1-15(2)18-11-10-16(3)12-20(18)27-13-21-23-24-22(25(21)4)28-14-19(26)17-8-6-5-7-9-17/h5-12,15H,13-14H2,1-4H3. The van der Waals surface area contributed by atoms with Gasteiger partial charge in [0.2, 0.25) is 0 Å². The number of thioether (sulfide) groups is 1. The minimum Gasteiger partial charge on any atom is -0.485 e. The summed E-state index contributed by atoms with van der Waals surface area (Å²) in [5.74, 6) is 2.39. The summed E-state index contributed by atoms with van der Waals surface area (Å²) in [5, 5.41) is 9.15. The molecule has 2 aromatic carbocycles. The van der Waals surface area contributed by atoms with Crippen LogP contribution in [-0.2, 0) is 13.7 Å². The van der Waals surface area contributed by atoms with Crippen molar-refractivity contribution in [1.82, 2.24) is 14.8 Å². The van der Waals surface area contributed by atoms with E-state index in [0.717, 1.165) is 17.1 Å². The molecule has 6 heteroatoms. The van der Waals surface area contributed by atoms with Crippen LogP contribution in [0.4, 0.5) is 0 Å². The van der Waals surface area contributed by atoms with E-state index in [-0.39, 0.29) is 5.78 Å². The van der Waals surface area contributed by atoms with Crippen molar-refractivity contribution < 1.29 is 9.53 Å². The van der Waals surface area contributed by atoms with Crippen LogP contribution < -0.4 is 4.74 Å². The predicted octanol–water partition coefficient (Wildman–Crippen LogP) is 4.80. The highest BCUT2D eigenvalue weighted by molar-refractivity contribution is 7.99. The third-order valence-electron chi connectivity index (χ3n) is 4.50. The number of benzene rings is 2. The maximum Gasteiger partial charge on any atom is 0.191 e. The molecule has 0 spiro atoms. The van der Waals surface area contributed by atoms with Gasteiger partial charge in [-0.2, -0.15) is 0 Å². The van der Waals surface area contributed by atoms with Crippen LogP contribution in [-0.4, -0.2) is 26.3 Å². The second kappa shape index (κ2) is 9.06. The molecule has 0 aliphatic carbocycles. The van der Waals surface area contributed by atoms with E-state index in [1.807, 2.05) is 41.9 Å². The number of rotatable bonds is 8. The highest BCUT2D eigenvalue weighted by Crippen LogP contribution is 2.28. The second-order valence-corrected chi connectivity index (χ2v) is 7.96. The van der Waals surface area contributed by atoms with Gasteiger partial charge in [0.25, 0.3) is 0 Å². The smallest absolute Gasteiger partial charge is 0.191 e. The van der Waals surface area contributed by atoms with Crippen LogP contribution in [0.2, 0.25) is 0 Å². The lowest BCUT2D eigenvalue weighted by Gasteiger charge is -2.14. The molecule has 0 atom stereocenters. The van der Waals surface area contributed by atoms with Gasteiger partial charge in [-0.05, 0) is 30.0 Å². The minimum atomic E-state index is 0.0766. The number of nitrogens with zero attached hydrogens (tertiary/aromatic N) is 3. The fourth-order valence-electron chi connectivity index (χ4n) is 2.82. The first-order valence-corrected chi connectivity index (χ1v) is 10.3. The highest BCUT2D eigenvalue weighted by atomic mass is 32.2. The molecule has 0 amide bonds. The summed E-state index contributed by atoms with van der Waals surface area (Å²) in [4.78, 5) is 12.3. The average Bonchev–Trinajstić information content (AvgIpc) is 3.04. The predicted molar refractivity (Wildman–Crippen MR) is 112 cm³/mol. The van der Waals surface area contributed by atoms with Gasteiger partial charge < -0.3 is 9.30 Å². The van der Waals surface area contributed by atoms with Crippen LogP contribution in [0.1, 0.15) is 47.1 Å². The molecule has 0 saturated carbocycles. The van der Waals surface area contributed by atoms with E-state index < -0.39 is 0 Å². The monoisotopic (exact) mass is 395 g/mol. The molecule has 1 heterocycles. The Morgan fingerprint density at radius 3 is 2.61 bits per heavy atom. The van der Waals surface area contributed by atoms with E-state index in [0.29, 0.717) is 29.0 Å². The van der Waals surface area contributed by atoms with Crippen molar-refractivity contribution in [1.29, 1.82) is 0 Å². The van der Waals surface area contributed by atoms with Gasteiger partial charge in [0, 0.05) is 12.6 Å². The Bertz CT molecular complexity index is 952. The fourth-order valence-corrected chi connectivity index (χ4v) is 3.64. The second-order valence-electron chi connectivity index (χ2n) is 7.02. The van der Waals surface area contributed by atoms with Crippen LogP contribution >= 0.6 is 11.8 Å². The zero-order valence-corrected chi connectivity index (χ0v) is 17.5. The zero-order valence-electron chi connectivity index (χ0n) is 16.7. The van der Waals surface area contributed by atoms with Crippen molar-refractivity contribution in [2.75, 3.05) is 5.75 Å². The van der Waals surface area contributed by atoms with E-state index in [1.54, 1.807) is 0 Å². The van der Waals surface area contributed by atoms with Gasteiger partial charge in [0.05, 0.1) is 5.75 Å². The molecule has 0 N–H and O–H groups in total. The van der Waals surface area contributed by atoms with Gasteiger partial charge in [0.1, 0.15) is 12.4 Å². The fraction of sp³-hybridized carbons (Fsp3) is 0.318. The molecule has 0 radical (unpaired) electrons. The van der Waals surface area contributed by atoms with E-state index in [2.05, 4.69) is 49.2 Å². The first kappa shape index (κ1) is 20.1. The lowest BCUT2D eigenvalue weighted by Crippen LogP contribution is -2.07. The molecule has 0 aliphatic rings. The van der Waals surface area contributed by atoms with Gasteiger partial charge in [0.15, 0.2) is 16.8 Å². The van der Waals surface area contributed by atoms with Crippen molar-refractivity contribution in [3.8, 4) is 5.75 Å². The SMILES string of the molecule is Cc1ccc(C(C)C)c(OCc2nnc(SCC(=O)c3ccccc3)n2C)c1. The van der Waals surface area contributed by atoms with E-state index >= 15 is 0 Å². The maximum atomic E-state index is 12.3. The Kier molecular flexibility index (Phi) is 6.52. The number of carbonyl (C=O) groups is 1. The molecular formula is C22H25N3O2S. The van der Waals surface area contributed by atoms with Crippen molar-refractivity contribution in [2.24, 2.45) is 7.05 Å². The summed E-state index contributed by atoms with van der Waals surface area (Å²) in [6.45, 7) is 6.69. The number of aryl methyl sites for hydroxylation is 1. The zero-order chi connectivity index (χ0) is 20.1. The molecule has 3 rings (SSSR count). The van der Waals surface area contributed by atoms with Crippen molar-refractivity contribution >= 4 is 17.5 Å². The first-order valence-electron chi connectivity index (χ1n) is 9.28. The van der Waals surface area contributed by atoms with Gasteiger partial charge in [-0.3, -0.25) is 4.79 Å². The van der Waals surface area contributed by atoms with Crippen LogP contribution in [0.5, 0.6) is 5.75 Å². The van der Waals surface area contributed by atoms with Gasteiger partial charge in [-0.15, -0.1) is 10.2 Å². The molecule has 0 bridgehead atoms. The molecule has 5 nitrogen and oxygen atoms in total. The quantitative estimate of drug-likeness (QED) is 0.405. The molecule has 0 aliphatic heterocycles. The lowest BCUT2D eigenvalue weighted by molar-refractivity contribution is 0.102. The van der Waals surface area contributed by atoms with Gasteiger partial charge in [-0.25, -0.2) is 0 Å². The van der Waals surface area contributed by atoms with Crippen LogP contribution in [0.25, 0.3) is 0 Å². The number of hydrogen-bond donors (Lipinski definition) is 0. The number of hydrogen-bond acceptors (Lipinski definition) is 5. The van der Waals surface area contributed by atoms with Crippen molar-refractivity contribution in [3.63, 3.8) is 0 Å². The third-order valence-corrected chi connectivity index (χ3v) is 5.52. The largest absolute Gasteiger partial charge is 0.485 e. The normalized spacial score (nSPS) is 11.0. The molecule has 146 valence electrons. The topological polar surface area (TPSA) is 57.0 Å². The Morgan fingerprint density at radius 2 is 1.89 bits per heavy atom. The summed E-state index contributed by atoms with van der Waals surface area (Å²) in [5.41, 5.74) is 3.05. The molecule has 0 unspecified atom stereocenters. The Morgan fingerprint density at radius 1 is 1.14 bits per heavy atom. The molecule has 28 heavy (non-hydrogen) atoms. The van der Waals surface area contributed by atoms with Gasteiger partial charge >= 0.3 is 0 Å². The lowest BCUT2D eigenvalue weighted by atomic mass is 10.0. The Balaban J connectivity index is 1.64. The van der Waals surface area contributed by atoms with Gasteiger partial charge in [-0.1, -0.05) is 68.1 Å². The molecule has 0 fully saturated rings. The van der Waals surface area contributed by atoms with Crippen LogP contribution in [0.15, 0.2) is 53.7 Å². The molecular weight excluding hydrogens is 370 g/mol. The number of ketones is 1. The van der Waals surface area contributed by atoms with Crippen molar-refractivity contribution in [3.05, 3.63) is 71.0 Å². The number of ether oxygens (including phenoxy) is 1. The minimum absolute atomic E-state index is 0.0766.